The Morgan fingerprint density at radius 2 is 2.35 bits per heavy atom. The van der Waals surface area contributed by atoms with Gasteiger partial charge in [-0.15, -0.1) is 0 Å². The molecule has 1 aliphatic rings. The van der Waals surface area contributed by atoms with Gasteiger partial charge >= 0.3 is 0 Å². The van der Waals surface area contributed by atoms with Crippen molar-refractivity contribution in [1.29, 1.82) is 0 Å². The van der Waals surface area contributed by atoms with Crippen LogP contribution in [0.4, 0.5) is 5.82 Å². The summed E-state index contributed by atoms with van der Waals surface area (Å²) in [4.78, 5) is 6.66. The van der Waals surface area contributed by atoms with Gasteiger partial charge in [0.1, 0.15) is 11.7 Å². The van der Waals surface area contributed by atoms with Crippen molar-refractivity contribution in [3.05, 3.63) is 23.4 Å². The van der Waals surface area contributed by atoms with Crippen LogP contribution >= 0.6 is 0 Å². The molecule has 0 unspecified atom stereocenters. The Morgan fingerprint density at radius 3 is 3.12 bits per heavy atom. The lowest BCUT2D eigenvalue weighted by atomic mass is 10.2. The van der Waals surface area contributed by atoms with E-state index in [4.69, 9.17) is 10.9 Å². The molecule has 1 aromatic heterocycles. The van der Waals surface area contributed by atoms with Crippen molar-refractivity contribution in [3.63, 3.8) is 0 Å². The molecule has 5 heteroatoms. The Balaban J connectivity index is 2.02. The SMILES string of the molecule is CN(CC/C(N)=N/O)c1ccc2c(n1)CCC2. The minimum absolute atomic E-state index is 0.248. The first kappa shape index (κ1) is 11.7. The molecule has 0 atom stereocenters. The Labute approximate surface area is 101 Å². The first-order chi connectivity index (χ1) is 8.20. The molecule has 5 nitrogen and oxygen atoms in total. The molecule has 3 N–H and O–H groups in total. The molecule has 1 heterocycles. The maximum atomic E-state index is 8.47. The van der Waals surface area contributed by atoms with Crippen molar-refractivity contribution >= 4 is 11.7 Å². The van der Waals surface area contributed by atoms with Crippen LogP contribution in [-0.4, -0.2) is 29.6 Å². The monoisotopic (exact) mass is 234 g/mol. The topological polar surface area (TPSA) is 74.7 Å². The van der Waals surface area contributed by atoms with E-state index in [1.165, 1.54) is 17.7 Å². The van der Waals surface area contributed by atoms with Crippen molar-refractivity contribution in [1.82, 2.24) is 4.98 Å². The molecule has 0 radical (unpaired) electrons. The second-order valence-corrected chi connectivity index (χ2v) is 4.39. The van der Waals surface area contributed by atoms with E-state index in [0.29, 0.717) is 13.0 Å². The number of oxime groups is 1. The summed E-state index contributed by atoms with van der Waals surface area (Å²) in [6.45, 7) is 0.696. The van der Waals surface area contributed by atoms with Gasteiger partial charge in [-0.05, 0) is 30.9 Å². The average molecular weight is 234 g/mol. The summed E-state index contributed by atoms with van der Waals surface area (Å²) in [5, 5.41) is 11.4. The number of aryl methyl sites for hydroxylation is 2. The van der Waals surface area contributed by atoms with Gasteiger partial charge in [-0.1, -0.05) is 11.2 Å². The zero-order valence-electron chi connectivity index (χ0n) is 10.1. The van der Waals surface area contributed by atoms with Gasteiger partial charge in [0.2, 0.25) is 0 Å². The van der Waals surface area contributed by atoms with Crippen LogP contribution < -0.4 is 10.6 Å². The zero-order chi connectivity index (χ0) is 12.3. The summed E-state index contributed by atoms with van der Waals surface area (Å²) in [6, 6.07) is 4.20. The summed E-state index contributed by atoms with van der Waals surface area (Å²) in [7, 11) is 1.97. The number of hydrogen-bond donors (Lipinski definition) is 2. The van der Waals surface area contributed by atoms with Gasteiger partial charge in [-0.2, -0.15) is 0 Å². The summed E-state index contributed by atoms with van der Waals surface area (Å²) in [6.07, 6.45) is 3.97. The second-order valence-electron chi connectivity index (χ2n) is 4.39. The number of rotatable bonds is 4. The molecule has 0 saturated carbocycles. The van der Waals surface area contributed by atoms with Crippen LogP contribution in [0.1, 0.15) is 24.1 Å². The number of nitrogens with two attached hydrogens (primary N) is 1. The molecule has 0 fully saturated rings. The number of hydrogen-bond acceptors (Lipinski definition) is 4. The highest BCUT2D eigenvalue weighted by Gasteiger charge is 2.13. The fraction of sp³-hybridized carbons (Fsp3) is 0.500. The van der Waals surface area contributed by atoms with Crippen LogP contribution in [0.3, 0.4) is 0 Å². The summed E-state index contributed by atoms with van der Waals surface area (Å²) < 4.78 is 0. The molecule has 1 aromatic rings. The lowest BCUT2D eigenvalue weighted by Crippen LogP contribution is -2.25. The third-order valence-corrected chi connectivity index (χ3v) is 3.14. The Morgan fingerprint density at radius 1 is 1.53 bits per heavy atom. The number of aromatic nitrogens is 1. The van der Waals surface area contributed by atoms with Gasteiger partial charge in [0.05, 0.1) is 0 Å². The van der Waals surface area contributed by atoms with E-state index >= 15 is 0 Å². The summed E-state index contributed by atoms with van der Waals surface area (Å²) >= 11 is 0. The van der Waals surface area contributed by atoms with Gasteiger partial charge in [0, 0.05) is 25.7 Å². The average Bonchev–Trinajstić information content (AvgIpc) is 2.82. The third-order valence-electron chi connectivity index (χ3n) is 3.14. The summed E-state index contributed by atoms with van der Waals surface area (Å²) in [5.41, 5.74) is 8.04. The van der Waals surface area contributed by atoms with Crippen LogP contribution in [0.5, 0.6) is 0 Å². The normalized spacial score (nSPS) is 14.8. The smallest absolute Gasteiger partial charge is 0.140 e. The van der Waals surface area contributed by atoms with E-state index < -0.39 is 0 Å². The molecule has 0 aliphatic heterocycles. The standard InChI is InChI=1S/C12H18N4O/c1-16(8-7-11(13)15-17)12-6-5-9-3-2-4-10(9)14-12/h5-6,17H,2-4,7-8H2,1H3,(H2,13,15). The van der Waals surface area contributed by atoms with Crippen molar-refractivity contribution in [3.8, 4) is 0 Å². The number of pyridine rings is 1. The Kier molecular flexibility index (Phi) is 3.46. The van der Waals surface area contributed by atoms with Gasteiger partial charge in [0.25, 0.3) is 0 Å². The lowest BCUT2D eigenvalue weighted by molar-refractivity contribution is 0.317. The lowest BCUT2D eigenvalue weighted by Gasteiger charge is -2.18. The molecule has 92 valence electrons. The largest absolute Gasteiger partial charge is 0.409 e. The van der Waals surface area contributed by atoms with E-state index in [-0.39, 0.29) is 5.84 Å². The van der Waals surface area contributed by atoms with Crippen LogP contribution in [0.25, 0.3) is 0 Å². The minimum Gasteiger partial charge on any atom is -0.409 e. The van der Waals surface area contributed by atoms with Crippen molar-refractivity contribution < 1.29 is 5.21 Å². The molecule has 0 spiro atoms. The Bertz CT molecular complexity index is 431. The molecular weight excluding hydrogens is 216 g/mol. The Hall–Kier alpha value is -1.78. The van der Waals surface area contributed by atoms with E-state index in [1.54, 1.807) is 0 Å². The van der Waals surface area contributed by atoms with E-state index in [9.17, 15) is 0 Å². The minimum atomic E-state index is 0.248. The molecule has 1 aliphatic carbocycles. The first-order valence-electron chi connectivity index (χ1n) is 5.87. The third kappa shape index (κ3) is 2.67. The fourth-order valence-electron chi connectivity index (χ4n) is 2.07. The van der Waals surface area contributed by atoms with Gasteiger partial charge in [-0.25, -0.2) is 4.98 Å². The zero-order valence-corrected chi connectivity index (χ0v) is 10.1. The first-order valence-corrected chi connectivity index (χ1v) is 5.87. The highest BCUT2D eigenvalue weighted by atomic mass is 16.4. The number of nitrogens with zero attached hydrogens (tertiary/aromatic N) is 3. The molecule has 0 amide bonds. The maximum Gasteiger partial charge on any atom is 0.140 e. The molecule has 0 aromatic carbocycles. The van der Waals surface area contributed by atoms with Crippen LogP contribution in [0, 0.1) is 0 Å². The fourth-order valence-corrected chi connectivity index (χ4v) is 2.07. The van der Waals surface area contributed by atoms with Crippen LogP contribution in [0.15, 0.2) is 17.3 Å². The van der Waals surface area contributed by atoms with Gasteiger partial charge < -0.3 is 15.8 Å². The molecule has 2 rings (SSSR count). The summed E-state index contributed by atoms with van der Waals surface area (Å²) in [5.74, 6) is 1.20. The number of amidine groups is 1. The van der Waals surface area contributed by atoms with Crippen molar-refractivity contribution in [2.45, 2.75) is 25.7 Å². The van der Waals surface area contributed by atoms with Crippen molar-refractivity contribution in [2.75, 3.05) is 18.5 Å². The predicted molar refractivity (Wildman–Crippen MR) is 67.6 cm³/mol. The number of fused-ring (bicyclic) bond motifs is 1. The van der Waals surface area contributed by atoms with E-state index in [1.807, 2.05) is 18.0 Å². The van der Waals surface area contributed by atoms with E-state index in [2.05, 4.69) is 16.2 Å². The molecule has 0 saturated heterocycles. The number of anilines is 1. The van der Waals surface area contributed by atoms with Crippen LogP contribution in [-0.2, 0) is 12.8 Å². The molecular formula is C12H18N4O. The molecule has 17 heavy (non-hydrogen) atoms. The predicted octanol–water partition coefficient (Wildman–Crippen LogP) is 1.14. The quantitative estimate of drug-likeness (QED) is 0.354. The van der Waals surface area contributed by atoms with Crippen molar-refractivity contribution in [2.24, 2.45) is 10.9 Å². The van der Waals surface area contributed by atoms with Gasteiger partial charge in [0.15, 0.2) is 0 Å². The van der Waals surface area contributed by atoms with E-state index in [0.717, 1.165) is 18.7 Å². The second kappa shape index (κ2) is 5.03. The highest BCUT2D eigenvalue weighted by Crippen LogP contribution is 2.22. The van der Waals surface area contributed by atoms with Crippen LogP contribution in [0.2, 0.25) is 0 Å². The molecule has 0 bridgehead atoms. The van der Waals surface area contributed by atoms with Gasteiger partial charge in [-0.3, -0.25) is 0 Å². The highest BCUT2D eigenvalue weighted by molar-refractivity contribution is 5.80. The maximum absolute atomic E-state index is 8.47.